The molecule has 3 rings (SSSR count). The van der Waals surface area contributed by atoms with Crippen molar-refractivity contribution >= 4 is 27.6 Å². The molecule has 33 heavy (non-hydrogen) atoms. The van der Waals surface area contributed by atoms with Crippen molar-refractivity contribution in [2.24, 2.45) is 5.92 Å². The van der Waals surface area contributed by atoms with Gasteiger partial charge in [-0.25, -0.2) is 17.9 Å². The van der Waals surface area contributed by atoms with Crippen molar-refractivity contribution in [3.05, 3.63) is 53.1 Å². The number of hydrogen-bond acceptors (Lipinski definition) is 6. The number of nitrogens with one attached hydrogen (secondary N) is 2. The number of anilines is 1. The van der Waals surface area contributed by atoms with E-state index in [1.165, 1.54) is 32.4 Å². The predicted molar refractivity (Wildman–Crippen MR) is 125 cm³/mol. The van der Waals surface area contributed by atoms with Crippen LogP contribution >= 0.6 is 0 Å². The Bertz CT molecular complexity index is 1150. The van der Waals surface area contributed by atoms with E-state index >= 15 is 0 Å². The van der Waals surface area contributed by atoms with Gasteiger partial charge in [-0.3, -0.25) is 4.79 Å². The van der Waals surface area contributed by atoms with Gasteiger partial charge in [-0.15, -0.1) is 0 Å². The van der Waals surface area contributed by atoms with Gasteiger partial charge in [0.2, 0.25) is 10.0 Å². The number of aryl methyl sites for hydroxylation is 1. The summed E-state index contributed by atoms with van der Waals surface area (Å²) in [6, 6.07) is 9.08. The molecule has 0 spiro atoms. The lowest BCUT2D eigenvalue weighted by atomic mass is 9.87. The summed E-state index contributed by atoms with van der Waals surface area (Å²) in [5.41, 5.74) is 1.28. The highest BCUT2D eigenvalue weighted by molar-refractivity contribution is 7.89. The smallest absolute Gasteiger partial charge is 0.340 e. The van der Waals surface area contributed by atoms with Gasteiger partial charge in [-0.2, -0.15) is 0 Å². The van der Waals surface area contributed by atoms with Crippen molar-refractivity contribution in [1.29, 1.82) is 0 Å². The molecule has 8 nitrogen and oxygen atoms in total. The third-order valence-electron chi connectivity index (χ3n) is 6.04. The minimum atomic E-state index is -3.93. The first-order valence-electron chi connectivity index (χ1n) is 10.9. The molecule has 1 saturated carbocycles. The molecule has 178 valence electrons. The fourth-order valence-corrected chi connectivity index (χ4v) is 5.70. The van der Waals surface area contributed by atoms with Gasteiger partial charge < -0.3 is 14.8 Å². The van der Waals surface area contributed by atoms with E-state index in [1.807, 2.05) is 6.92 Å². The summed E-state index contributed by atoms with van der Waals surface area (Å²) in [5, 5.41) is 2.69. The lowest BCUT2D eigenvalue weighted by Crippen LogP contribution is -2.41. The van der Waals surface area contributed by atoms with Crippen LogP contribution in [-0.2, 0) is 14.8 Å². The molecule has 1 fully saturated rings. The lowest BCUT2D eigenvalue weighted by Gasteiger charge is -2.29. The number of carbonyl (C=O) groups is 2. The summed E-state index contributed by atoms with van der Waals surface area (Å²) in [6.07, 6.45) is 3.79. The Labute approximate surface area is 194 Å². The zero-order valence-corrected chi connectivity index (χ0v) is 20.1. The van der Waals surface area contributed by atoms with Crippen LogP contribution in [0.2, 0.25) is 0 Å². The number of ether oxygens (including phenoxy) is 2. The van der Waals surface area contributed by atoms with Gasteiger partial charge in [0.1, 0.15) is 10.6 Å². The van der Waals surface area contributed by atoms with Crippen molar-refractivity contribution in [3.8, 4) is 5.75 Å². The highest BCUT2D eigenvalue weighted by atomic mass is 32.2. The lowest BCUT2D eigenvalue weighted by molar-refractivity contribution is 0.0601. The van der Waals surface area contributed by atoms with E-state index in [-0.39, 0.29) is 39.4 Å². The Balaban J connectivity index is 1.92. The van der Waals surface area contributed by atoms with E-state index in [2.05, 4.69) is 10.0 Å². The van der Waals surface area contributed by atoms with Crippen molar-refractivity contribution in [1.82, 2.24) is 4.72 Å². The minimum absolute atomic E-state index is 0.104. The van der Waals surface area contributed by atoms with Crippen LogP contribution in [0, 0.1) is 12.8 Å². The molecule has 2 N–H and O–H groups in total. The highest BCUT2D eigenvalue weighted by Gasteiger charge is 2.29. The van der Waals surface area contributed by atoms with E-state index in [0.29, 0.717) is 5.56 Å². The normalized spacial score (nSPS) is 18.4. The average Bonchev–Trinajstić information content (AvgIpc) is 2.79. The molecule has 2 aromatic carbocycles. The van der Waals surface area contributed by atoms with Crippen LogP contribution in [0.4, 0.5) is 5.69 Å². The molecule has 2 aromatic rings. The van der Waals surface area contributed by atoms with Gasteiger partial charge in [0.25, 0.3) is 5.91 Å². The standard InChI is InChI=1S/C24H30N2O6S/c1-15-8-5-6-10-18(15)26-33(29,30)21-14-17(12-13-20(21)31-3)23(27)25-19-11-7-9-16(2)22(19)24(28)32-4/h7,9,11-15,18,26H,5-6,8,10H2,1-4H3,(H,25,27)/t15-,18+/m1/s1. The Hall–Kier alpha value is -2.91. The number of carbonyl (C=O) groups excluding carboxylic acids is 2. The number of hydrogen-bond donors (Lipinski definition) is 2. The van der Waals surface area contributed by atoms with Gasteiger partial charge in [0.15, 0.2) is 0 Å². The third-order valence-corrected chi connectivity index (χ3v) is 7.55. The van der Waals surface area contributed by atoms with Crippen molar-refractivity contribution in [2.45, 2.75) is 50.5 Å². The second-order valence-electron chi connectivity index (χ2n) is 8.30. The second kappa shape index (κ2) is 10.4. The number of esters is 1. The van der Waals surface area contributed by atoms with Crippen molar-refractivity contribution < 1.29 is 27.5 Å². The van der Waals surface area contributed by atoms with Crippen LogP contribution in [0.3, 0.4) is 0 Å². The average molecular weight is 475 g/mol. The Morgan fingerprint density at radius 3 is 2.45 bits per heavy atom. The van der Waals surface area contributed by atoms with Crippen LogP contribution in [-0.4, -0.2) is 40.6 Å². The second-order valence-corrected chi connectivity index (χ2v) is 9.98. The summed E-state index contributed by atoms with van der Waals surface area (Å²) < 4.78 is 39.3. The molecule has 0 aliphatic heterocycles. The van der Waals surface area contributed by atoms with Crippen LogP contribution < -0.4 is 14.8 Å². The number of benzene rings is 2. The molecular formula is C24H30N2O6S. The number of methoxy groups -OCH3 is 2. The predicted octanol–water partition coefficient (Wildman–Crippen LogP) is 3.90. The first kappa shape index (κ1) is 24.7. The molecular weight excluding hydrogens is 444 g/mol. The number of amides is 1. The molecule has 2 atom stereocenters. The number of sulfonamides is 1. The van der Waals surface area contributed by atoms with Crippen LogP contribution in [0.25, 0.3) is 0 Å². The monoisotopic (exact) mass is 474 g/mol. The van der Waals surface area contributed by atoms with Crippen LogP contribution in [0.1, 0.15) is 58.9 Å². The Morgan fingerprint density at radius 2 is 1.79 bits per heavy atom. The van der Waals surface area contributed by atoms with Crippen LogP contribution in [0.15, 0.2) is 41.3 Å². The summed E-state index contributed by atoms with van der Waals surface area (Å²) in [5.74, 6) is -0.763. The molecule has 9 heteroatoms. The molecule has 0 radical (unpaired) electrons. The molecule has 1 amide bonds. The van der Waals surface area contributed by atoms with E-state index in [9.17, 15) is 18.0 Å². The van der Waals surface area contributed by atoms with E-state index < -0.39 is 21.9 Å². The summed E-state index contributed by atoms with van der Waals surface area (Å²) in [7, 11) is -1.28. The first-order chi connectivity index (χ1) is 15.7. The van der Waals surface area contributed by atoms with Crippen molar-refractivity contribution in [2.75, 3.05) is 19.5 Å². The Morgan fingerprint density at radius 1 is 1.06 bits per heavy atom. The molecule has 0 heterocycles. The number of rotatable bonds is 7. The van der Waals surface area contributed by atoms with Crippen LogP contribution in [0.5, 0.6) is 5.75 Å². The largest absolute Gasteiger partial charge is 0.495 e. The van der Waals surface area contributed by atoms with E-state index in [4.69, 9.17) is 9.47 Å². The molecule has 0 bridgehead atoms. The summed E-state index contributed by atoms with van der Waals surface area (Å²) in [4.78, 5) is 25.1. The highest BCUT2D eigenvalue weighted by Crippen LogP contribution is 2.29. The van der Waals surface area contributed by atoms with Gasteiger partial charge in [0, 0.05) is 11.6 Å². The fourth-order valence-electron chi connectivity index (χ4n) is 4.12. The summed E-state index contributed by atoms with van der Waals surface area (Å²) >= 11 is 0. The fraction of sp³-hybridized carbons (Fsp3) is 0.417. The maximum Gasteiger partial charge on any atom is 0.340 e. The molecule has 0 aromatic heterocycles. The van der Waals surface area contributed by atoms with Crippen molar-refractivity contribution in [3.63, 3.8) is 0 Å². The van der Waals surface area contributed by atoms with Gasteiger partial charge in [-0.05, 0) is 55.5 Å². The van der Waals surface area contributed by atoms with Gasteiger partial charge in [0.05, 0.1) is 25.5 Å². The maximum atomic E-state index is 13.2. The third kappa shape index (κ3) is 5.54. The van der Waals surface area contributed by atoms with Gasteiger partial charge in [-0.1, -0.05) is 31.9 Å². The van der Waals surface area contributed by atoms with Gasteiger partial charge >= 0.3 is 5.97 Å². The van der Waals surface area contributed by atoms with E-state index in [1.54, 1.807) is 25.1 Å². The molecule has 0 saturated heterocycles. The molecule has 1 aliphatic rings. The first-order valence-corrected chi connectivity index (χ1v) is 12.4. The SMILES string of the molecule is COC(=O)c1c(C)cccc1NC(=O)c1ccc(OC)c(S(=O)(=O)N[C@H]2CCCC[C@H]2C)c1. The molecule has 1 aliphatic carbocycles. The topological polar surface area (TPSA) is 111 Å². The minimum Gasteiger partial charge on any atom is -0.495 e. The summed E-state index contributed by atoms with van der Waals surface area (Å²) in [6.45, 7) is 3.77. The van der Waals surface area contributed by atoms with E-state index in [0.717, 1.165) is 25.7 Å². The zero-order chi connectivity index (χ0) is 24.2. The Kier molecular flexibility index (Phi) is 7.76. The molecule has 0 unspecified atom stereocenters. The maximum absolute atomic E-state index is 13.2. The quantitative estimate of drug-likeness (QED) is 0.589. The zero-order valence-electron chi connectivity index (χ0n) is 19.3.